The van der Waals surface area contributed by atoms with Crippen molar-refractivity contribution in [2.24, 2.45) is 0 Å². The Kier molecular flexibility index (Phi) is 6.61. The summed E-state index contributed by atoms with van der Waals surface area (Å²) in [4.78, 5) is 0. The van der Waals surface area contributed by atoms with E-state index in [1.807, 2.05) is 12.1 Å². The predicted octanol–water partition coefficient (Wildman–Crippen LogP) is 2.00. The van der Waals surface area contributed by atoms with Crippen LogP contribution in [0.25, 0.3) is 0 Å². The Balaban J connectivity index is 2.01. The zero-order valence-electron chi connectivity index (χ0n) is 10.2. The molecular weight excluding hydrogens is 202 g/mol. The average Bonchev–Trinajstić information content (AvgIpc) is 2.30. The molecular formula is C13H21NO2. The van der Waals surface area contributed by atoms with E-state index in [4.69, 9.17) is 9.47 Å². The summed E-state index contributed by atoms with van der Waals surface area (Å²) in [6.45, 7) is 5.46. The molecule has 0 aromatic heterocycles. The molecule has 0 aliphatic rings. The molecule has 3 heteroatoms. The van der Waals surface area contributed by atoms with Gasteiger partial charge in [0.2, 0.25) is 0 Å². The summed E-state index contributed by atoms with van der Waals surface area (Å²) < 4.78 is 10.5. The summed E-state index contributed by atoms with van der Waals surface area (Å²) in [7, 11) is 1.71. The zero-order valence-corrected chi connectivity index (χ0v) is 10.2. The van der Waals surface area contributed by atoms with Gasteiger partial charge >= 0.3 is 0 Å². The van der Waals surface area contributed by atoms with Gasteiger partial charge in [0.05, 0.1) is 13.2 Å². The predicted molar refractivity (Wildman–Crippen MR) is 66.0 cm³/mol. The highest BCUT2D eigenvalue weighted by Gasteiger charge is 1.93. The number of rotatable bonds is 8. The molecule has 0 bridgehead atoms. The van der Waals surface area contributed by atoms with Crippen molar-refractivity contribution in [2.45, 2.75) is 13.3 Å². The Hall–Kier alpha value is -1.06. The van der Waals surface area contributed by atoms with Crippen molar-refractivity contribution in [3.63, 3.8) is 0 Å². The lowest BCUT2D eigenvalue weighted by molar-refractivity contribution is 0.198. The van der Waals surface area contributed by atoms with Gasteiger partial charge in [-0.05, 0) is 32.0 Å². The fourth-order valence-electron chi connectivity index (χ4n) is 1.32. The molecule has 0 saturated carbocycles. The smallest absolute Gasteiger partial charge is 0.119 e. The van der Waals surface area contributed by atoms with Crippen LogP contribution in [0.4, 0.5) is 0 Å². The molecule has 0 unspecified atom stereocenters. The molecule has 1 aromatic carbocycles. The van der Waals surface area contributed by atoms with Crippen molar-refractivity contribution >= 4 is 0 Å². The average molecular weight is 223 g/mol. The van der Waals surface area contributed by atoms with Gasteiger partial charge in [-0.2, -0.15) is 0 Å². The molecule has 0 saturated heterocycles. The van der Waals surface area contributed by atoms with Crippen LogP contribution in [0.15, 0.2) is 24.3 Å². The van der Waals surface area contributed by atoms with Crippen molar-refractivity contribution in [2.75, 3.05) is 33.4 Å². The van der Waals surface area contributed by atoms with Gasteiger partial charge in [0.15, 0.2) is 0 Å². The van der Waals surface area contributed by atoms with E-state index < -0.39 is 0 Å². The summed E-state index contributed by atoms with van der Waals surface area (Å²) in [6, 6.07) is 8.14. The van der Waals surface area contributed by atoms with Gasteiger partial charge < -0.3 is 14.8 Å². The number of aryl methyl sites for hydroxylation is 1. The molecule has 3 nitrogen and oxygen atoms in total. The van der Waals surface area contributed by atoms with Crippen molar-refractivity contribution in [3.05, 3.63) is 29.8 Å². The molecule has 0 spiro atoms. The summed E-state index contributed by atoms with van der Waals surface area (Å²) in [5, 5.41) is 3.28. The van der Waals surface area contributed by atoms with Gasteiger partial charge in [-0.15, -0.1) is 0 Å². The summed E-state index contributed by atoms with van der Waals surface area (Å²) in [5.74, 6) is 0.947. The number of hydrogen-bond acceptors (Lipinski definition) is 3. The largest absolute Gasteiger partial charge is 0.494 e. The minimum Gasteiger partial charge on any atom is -0.494 e. The van der Waals surface area contributed by atoms with E-state index in [1.165, 1.54) is 5.56 Å². The summed E-state index contributed by atoms with van der Waals surface area (Å²) in [6.07, 6.45) is 1.01. The lowest BCUT2D eigenvalue weighted by atomic mass is 10.2. The maximum absolute atomic E-state index is 5.60. The summed E-state index contributed by atoms with van der Waals surface area (Å²) >= 11 is 0. The van der Waals surface area contributed by atoms with Crippen LogP contribution in [0.2, 0.25) is 0 Å². The van der Waals surface area contributed by atoms with Crippen molar-refractivity contribution in [1.82, 2.24) is 5.32 Å². The second-order valence-corrected chi connectivity index (χ2v) is 3.76. The number of benzene rings is 1. The normalized spacial score (nSPS) is 10.4. The Labute approximate surface area is 97.8 Å². The number of ether oxygens (including phenoxy) is 2. The highest BCUT2D eigenvalue weighted by molar-refractivity contribution is 5.26. The Morgan fingerprint density at radius 2 is 1.81 bits per heavy atom. The topological polar surface area (TPSA) is 30.5 Å². The minimum atomic E-state index is 0.753. The Bertz CT molecular complexity index is 272. The fraction of sp³-hybridized carbons (Fsp3) is 0.538. The lowest BCUT2D eigenvalue weighted by Crippen LogP contribution is -2.21. The van der Waals surface area contributed by atoms with Gasteiger partial charge in [0.1, 0.15) is 5.75 Å². The van der Waals surface area contributed by atoms with Crippen molar-refractivity contribution in [1.29, 1.82) is 0 Å². The van der Waals surface area contributed by atoms with Crippen LogP contribution in [0, 0.1) is 6.92 Å². The molecule has 90 valence electrons. The molecule has 0 aliphatic carbocycles. The highest BCUT2D eigenvalue weighted by atomic mass is 16.5. The number of nitrogens with one attached hydrogen (secondary N) is 1. The third-order valence-corrected chi connectivity index (χ3v) is 2.27. The molecule has 0 atom stereocenters. The first kappa shape index (κ1) is 13.0. The van der Waals surface area contributed by atoms with E-state index >= 15 is 0 Å². The third-order valence-electron chi connectivity index (χ3n) is 2.27. The first-order valence-corrected chi connectivity index (χ1v) is 5.72. The quantitative estimate of drug-likeness (QED) is 0.684. The molecule has 1 N–H and O–H groups in total. The third kappa shape index (κ3) is 5.73. The zero-order chi connectivity index (χ0) is 11.6. The molecule has 16 heavy (non-hydrogen) atoms. The van der Waals surface area contributed by atoms with Crippen LogP contribution < -0.4 is 10.1 Å². The molecule has 0 radical (unpaired) electrons. The van der Waals surface area contributed by atoms with E-state index in [0.29, 0.717) is 0 Å². The highest BCUT2D eigenvalue weighted by Crippen LogP contribution is 2.11. The van der Waals surface area contributed by atoms with Gasteiger partial charge in [0, 0.05) is 13.7 Å². The van der Waals surface area contributed by atoms with E-state index in [2.05, 4.69) is 24.4 Å². The molecule has 0 aliphatic heterocycles. The van der Waals surface area contributed by atoms with Crippen LogP contribution in [-0.2, 0) is 4.74 Å². The number of methoxy groups -OCH3 is 1. The van der Waals surface area contributed by atoms with Crippen LogP contribution in [0.3, 0.4) is 0 Å². The van der Waals surface area contributed by atoms with Crippen LogP contribution in [-0.4, -0.2) is 33.4 Å². The fourth-order valence-corrected chi connectivity index (χ4v) is 1.32. The van der Waals surface area contributed by atoms with Crippen LogP contribution in [0.1, 0.15) is 12.0 Å². The Morgan fingerprint density at radius 1 is 1.06 bits per heavy atom. The molecule has 0 fully saturated rings. The van der Waals surface area contributed by atoms with Gasteiger partial charge in [-0.1, -0.05) is 17.7 Å². The van der Waals surface area contributed by atoms with E-state index in [-0.39, 0.29) is 0 Å². The maximum Gasteiger partial charge on any atom is 0.119 e. The maximum atomic E-state index is 5.60. The summed E-state index contributed by atoms with van der Waals surface area (Å²) in [5.41, 5.74) is 1.26. The molecule has 1 aromatic rings. The SMILES string of the molecule is COCCNCCCOc1ccc(C)cc1. The van der Waals surface area contributed by atoms with Crippen LogP contribution in [0.5, 0.6) is 5.75 Å². The lowest BCUT2D eigenvalue weighted by Gasteiger charge is -2.07. The second kappa shape index (κ2) is 8.13. The minimum absolute atomic E-state index is 0.753. The van der Waals surface area contributed by atoms with Gasteiger partial charge in [-0.25, -0.2) is 0 Å². The van der Waals surface area contributed by atoms with Gasteiger partial charge in [0.25, 0.3) is 0 Å². The van der Waals surface area contributed by atoms with E-state index in [9.17, 15) is 0 Å². The Morgan fingerprint density at radius 3 is 2.50 bits per heavy atom. The van der Waals surface area contributed by atoms with Gasteiger partial charge in [-0.3, -0.25) is 0 Å². The molecule has 0 heterocycles. The standard InChI is InChI=1S/C13H21NO2/c1-12-4-6-13(7-5-12)16-10-3-8-14-9-11-15-2/h4-7,14H,3,8-11H2,1-2H3. The van der Waals surface area contributed by atoms with Crippen LogP contribution >= 0.6 is 0 Å². The molecule has 0 amide bonds. The first-order chi connectivity index (χ1) is 7.83. The monoisotopic (exact) mass is 223 g/mol. The second-order valence-electron chi connectivity index (χ2n) is 3.76. The number of hydrogen-bond donors (Lipinski definition) is 1. The van der Waals surface area contributed by atoms with Crippen molar-refractivity contribution < 1.29 is 9.47 Å². The molecule has 1 rings (SSSR count). The van der Waals surface area contributed by atoms with E-state index in [0.717, 1.165) is 38.5 Å². The first-order valence-electron chi connectivity index (χ1n) is 5.72. The van der Waals surface area contributed by atoms with E-state index in [1.54, 1.807) is 7.11 Å². The van der Waals surface area contributed by atoms with Crippen molar-refractivity contribution in [3.8, 4) is 5.75 Å².